The number of rotatable bonds is 5. The molecule has 20 heavy (non-hydrogen) atoms. The summed E-state index contributed by atoms with van der Waals surface area (Å²) in [5, 5.41) is 3.49. The Morgan fingerprint density at radius 3 is 2.85 bits per heavy atom. The maximum Gasteiger partial charge on any atom is 0.135 e. The summed E-state index contributed by atoms with van der Waals surface area (Å²) in [6.45, 7) is 4.34. The molecule has 1 aliphatic rings. The molecule has 0 amide bonds. The summed E-state index contributed by atoms with van der Waals surface area (Å²) < 4.78 is 0.871. The monoisotopic (exact) mass is 351 g/mol. The van der Waals surface area contributed by atoms with Gasteiger partial charge in [0.15, 0.2) is 0 Å². The lowest BCUT2D eigenvalue weighted by Crippen LogP contribution is -2.19. The number of nitrogens with one attached hydrogen (secondary N) is 1. The Balaban J connectivity index is 1.67. The lowest BCUT2D eigenvalue weighted by molar-refractivity contribution is 0.787. The molecule has 0 aliphatic heterocycles. The molecule has 1 N–H and O–H groups in total. The number of aryl methyl sites for hydroxylation is 1. The molecule has 1 unspecified atom stereocenters. The van der Waals surface area contributed by atoms with Gasteiger partial charge in [0.25, 0.3) is 0 Å². The summed E-state index contributed by atoms with van der Waals surface area (Å²) in [7, 11) is 0. The molecule has 0 aromatic carbocycles. The number of hydrogen-bond acceptors (Lipinski definition) is 4. The van der Waals surface area contributed by atoms with Gasteiger partial charge in [0.2, 0.25) is 0 Å². The topological polar surface area (TPSA) is 37.8 Å². The van der Waals surface area contributed by atoms with Gasteiger partial charge in [0.05, 0.1) is 0 Å². The van der Waals surface area contributed by atoms with E-state index in [1.165, 1.54) is 22.6 Å². The van der Waals surface area contributed by atoms with Crippen molar-refractivity contribution in [2.45, 2.75) is 45.1 Å². The molecule has 1 atom stereocenters. The van der Waals surface area contributed by atoms with Crippen LogP contribution >= 0.6 is 27.3 Å². The molecule has 0 radical (unpaired) electrons. The number of aromatic nitrogens is 2. The fourth-order valence-electron chi connectivity index (χ4n) is 2.23. The van der Waals surface area contributed by atoms with E-state index < -0.39 is 0 Å². The predicted molar refractivity (Wildman–Crippen MR) is 87.6 cm³/mol. The third-order valence-electron chi connectivity index (χ3n) is 3.35. The third-order valence-corrected chi connectivity index (χ3v) is 4.78. The molecule has 3 nitrogen and oxygen atoms in total. The zero-order valence-electron chi connectivity index (χ0n) is 11.7. The molecule has 2 aromatic rings. The van der Waals surface area contributed by atoms with Gasteiger partial charge in [-0.15, -0.1) is 11.3 Å². The van der Waals surface area contributed by atoms with Crippen LogP contribution in [0.5, 0.6) is 0 Å². The average Bonchev–Trinajstić information content (AvgIpc) is 3.13. The van der Waals surface area contributed by atoms with Crippen LogP contribution in [0.3, 0.4) is 0 Å². The van der Waals surface area contributed by atoms with E-state index in [1.54, 1.807) is 0 Å². The molecular formula is C15H18BrN3S. The number of nitrogens with zero attached hydrogens (tertiary/aromatic N) is 2. The summed E-state index contributed by atoms with van der Waals surface area (Å²) in [5.74, 6) is 2.47. The van der Waals surface area contributed by atoms with Crippen LogP contribution in [0.4, 0.5) is 5.82 Å². The first kappa shape index (κ1) is 14.0. The van der Waals surface area contributed by atoms with E-state index in [0.717, 1.165) is 22.7 Å². The van der Waals surface area contributed by atoms with Crippen LogP contribution in [0.25, 0.3) is 0 Å². The summed E-state index contributed by atoms with van der Waals surface area (Å²) >= 11 is 5.35. The fourth-order valence-corrected chi connectivity index (χ4v) is 3.65. The van der Waals surface area contributed by atoms with Gasteiger partial charge in [0.1, 0.15) is 16.2 Å². The van der Waals surface area contributed by atoms with E-state index in [0.29, 0.717) is 12.0 Å². The van der Waals surface area contributed by atoms with Crippen LogP contribution in [0.1, 0.15) is 41.3 Å². The van der Waals surface area contributed by atoms with E-state index >= 15 is 0 Å². The van der Waals surface area contributed by atoms with Crippen LogP contribution in [-0.4, -0.2) is 16.0 Å². The second kappa shape index (κ2) is 5.82. The molecule has 0 bridgehead atoms. The molecule has 106 valence electrons. The van der Waals surface area contributed by atoms with Gasteiger partial charge in [0, 0.05) is 34.2 Å². The SMILES string of the molecule is Cc1ccc(CC(C)Nc2cc(Br)nc(C3CC3)n2)s1. The maximum atomic E-state index is 4.63. The molecule has 3 rings (SSSR count). The molecule has 2 aromatic heterocycles. The van der Waals surface area contributed by atoms with Crippen molar-refractivity contribution in [2.75, 3.05) is 5.32 Å². The Morgan fingerprint density at radius 1 is 1.40 bits per heavy atom. The van der Waals surface area contributed by atoms with Gasteiger partial charge >= 0.3 is 0 Å². The molecular weight excluding hydrogens is 334 g/mol. The van der Waals surface area contributed by atoms with Crippen LogP contribution in [0.2, 0.25) is 0 Å². The van der Waals surface area contributed by atoms with Crippen LogP contribution in [-0.2, 0) is 6.42 Å². The van der Waals surface area contributed by atoms with Crippen molar-refractivity contribution in [1.29, 1.82) is 0 Å². The van der Waals surface area contributed by atoms with Gasteiger partial charge in [-0.25, -0.2) is 9.97 Å². The van der Waals surface area contributed by atoms with Crippen molar-refractivity contribution in [3.8, 4) is 0 Å². The smallest absolute Gasteiger partial charge is 0.135 e. The van der Waals surface area contributed by atoms with Crippen LogP contribution in [0.15, 0.2) is 22.8 Å². The first-order chi connectivity index (χ1) is 9.60. The second-order valence-corrected chi connectivity index (χ2v) is 7.66. The molecule has 1 fully saturated rings. The van der Waals surface area contributed by atoms with Crippen molar-refractivity contribution >= 4 is 33.1 Å². The standard InChI is InChI=1S/C15H18BrN3S/c1-9(7-12-6-3-10(2)20-12)17-14-8-13(16)18-15(19-14)11-4-5-11/h3,6,8-9,11H,4-5,7H2,1-2H3,(H,17,18,19). The minimum Gasteiger partial charge on any atom is -0.367 e. The van der Waals surface area contributed by atoms with E-state index in [-0.39, 0.29) is 0 Å². The zero-order chi connectivity index (χ0) is 14.1. The van der Waals surface area contributed by atoms with E-state index in [2.05, 4.69) is 57.2 Å². The molecule has 5 heteroatoms. The van der Waals surface area contributed by atoms with Crippen molar-refractivity contribution in [3.63, 3.8) is 0 Å². The Bertz CT molecular complexity index is 607. The number of thiophene rings is 1. The highest BCUT2D eigenvalue weighted by molar-refractivity contribution is 9.10. The highest BCUT2D eigenvalue weighted by Gasteiger charge is 2.27. The average molecular weight is 352 g/mol. The van der Waals surface area contributed by atoms with Gasteiger partial charge in [-0.2, -0.15) is 0 Å². The first-order valence-corrected chi connectivity index (χ1v) is 8.57. The van der Waals surface area contributed by atoms with Gasteiger partial charge in [-0.05, 0) is 54.8 Å². The quantitative estimate of drug-likeness (QED) is 0.804. The van der Waals surface area contributed by atoms with Crippen molar-refractivity contribution < 1.29 is 0 Å². The lowest BCUT2D eigenvalue weighted by Gasteiger charge is -2.14. The third kappa shape index (κ3) is 3.58. The largest absolute Gasteiger partial charge is 0.367 e. The lowest BCUT2D eigenvalue weighted by atomic mass is 10.2. The van der Waals surface area contributed by atoms with Crippen molar-refractivity contribution in [2.24, 2.45) is 0 Å². The Labute approximate surface area is 132 Å². The minimum absolute atomic E-state index is 0.363. The number of anilines is 1. The van der Waals surface area contributed by atoms with Crippen LogP contribution in [0, 0.1) is 6.92 Å². The van der Waals surface area contributed by atoms with E-state index in [9.17, 15) is 0 Å². The van der Waals surface area contributed by atoms with Crippen molar-refractivity contribution in [3.05, 3.63) is 38.4 Å². The van der Waals surface area contributed by atoms with E-state index in [4.69, 9.17) is 0 Å². The minimum atomic E-state index is 0.363. The fraction of sp³-hybridized carbons (Fsp3) is 0.467. The van der Waals surface area contributed by atoms with Gasteiger partial charge < -0.3 is 5.32 Å². The summed E-state index contributed by atoms with van der Waals surface area (Å²) in [5.41, 5.74) is 0. The van der Waals surface area contributed by atoms with Gasteiger partial charge in [-0.1, -0.05) is 0 Å². The summed E-state index contributed by atoms with van der Waals surface area (Å²) in [4.78, 5) is 11.9. The van der Waals surface area contributed by atoms with E-state index in [1.807, 2.05) is 17.4 Å². The molecule has 0 spiro atoms. The van der Waals surface area contributed by atoms with Crippen LogP contribution < -0.4 is 5.32 Å². The summed E-state index contributed by atoms with van der Waals surface area (Å²) in [6, 6.07) is 6.72. The Morgan fingerprint density at radius 2 is 2.20 bits per heavy atom. The molecule has 1 saturated carbocycles. The second-order valence-electron chi connectivity index (χ2n) is 5.47. The van der Waals surface area contributed by atoms with Gasteiger partial charge in [-0.3, -0.25) is 0 Å². The van der Waals surface area contributed by atoms with Crippen molar-refractivity contribution in [1.82, 2.24) is 9.97 Å². The Kier molecular flexibility index (Phi) is 4.08. The summed E-state index contributed by atoms with van der Waals surface area (Å²) in [6.07, 6.45) is 3.47. The molecule has 0 saturated heterocycles. The molecule has 1 aliphatic carbocycles. The number of halogens is 1. The molecule has 2 heterocycles. The maximum absolute atomic E-state index is 4.63. The number of hydrogen-bond donors (Lipinski definition) is 1. The zero-order valence-corrected chi connectivity index (χ0v) is 14.1. The highest BCUT2D eigenvalue weighted by Crippen LogP contribution is 2.38. The predicted octanol–water partition coefficient (Wildman–Crippen LogP) is 4.53. The highest BCUT2D eigenvalue weighted by atomic mass is 79.9. The first-order valence-electron chi connectivity index (χ1n) is 6.96. The Hall–Kier alpha value is -0.940. The normalized spacial score (nSPS) is 16.1.